The molecule has 1 aromatic heterocycles. The Bertz CT molecular complexity index is 711. The second-order valence-corrected chi connectivity index (χ2v) is 6.76. The Morgan fingerprint density at radius 2 is 2.12 bits per heavy atom. The van der Waals surface area contributed by atoms with Crippen molar-refractivity contribution >= 4 is 5.91 Å². The first-order valence-corrected chi connectivity index (χ1v) is 8.71. The minimum absolute atomic E-state index is 0.00943. The number of carbonyl (C=O) groups is 1. The van der Waals surface area contributed by atoms with Crippen molar-refractivity contribution in [2.45, 2.75) is 38.4 Å². The van der Waals surface area contributed by atoms with Gasteiger partial charge < -0.3 is 15.2 Å². The number of aliphatic hydroxyl groups excluding tert-OH is 1. The quantitative estimate of drug-likeness (QED) is 0.871. The second-order valence-electron chi connectivity index (χ2n) is 6.76. The molecule has 1 saturated carbocycles. The number of hydrogen-bond acceptors (Lipinski definition) is 4. The van der Waals surface area contributed by atoms with Crippen molar-refractivity contribution in [3.63, 3.8) is 0 Å². The highest BCUT2D eigenvalue weighted by Crippen LogP contribution is 2.28. The minimum Gasteiger partial charge on any atom is -0.488 e. The fraction of sp³-hybridized carbons (Fsp3) is 0.474. The zero-order valence-electron chi connectivity index (χ0n) is 14.7. The van der Waals surface area contributed by atoms with Gasteiger partial charge in [-0.25, -0.2) is 0 Å². The maximum Gasteiger partial charge on any atom is 0.254 e. The normalized spacial score (nSPS) is 23.2. The summed E-state index contributed by atoms with van der Waals surface area (Å²) < 4.78 is 7.56. The monoisotopic (exact) mass is 343 g/mol. The highest BCUT2D eigenvalue weighted by Gasteiger charge is 2.33. The molecule has 1 aromatic carbocycles. The third-order valence-electron chi connectivity index (χ3n) is 4.73. The van der Waals surface area contributed by atoms with Crippen molar-refractivity contribution in [3.05, 3.63) is 47.8 Å². The van der Waals surface area contributed by atoms with Crippen LogP contribution in [0.2, 0.25) is 0 Å². The van der Waals surface area contributed by atoms with Gasteiger partial charge >= 0.3 is 0 Å². The van der Waals surface area contributed by atoms with Crippen LogP contribution in [0, 0.1) is 12.8 Å². The number of nitrogens with one attached hydrogen (secondary N) is 1. The summed E-state index contributed by atoms with van der Waals surface area (Å²) in [5, 5.41) is 17.5. The van der Waals surface area contributed by atoms with Gasteiger partial charge in [0.25, 0.3) is 5.91 Å². The van der Waals surface area contributed by atoms with E-state index < -0.39 is 6.10 Å². The number of hydrogen-bond donors (Lipinski definition) is 2. The van der Waals surface area contributed by atoms with Gasteiger partial charge in [0.15, 0.2) is 0 Å². The molecule has 1 aliphatic rings. The average molecular weight is 343 g/mol. The smallest absolute Gasteiger partial charge is 0.254 e. The number of aliphatic hydroxyl groups is 1. The predicted molar refractivity (Wildman–Crippen MR) is 94.5 cm³/mol. The van der Waals surface area contributed by atoms with Gasteiger partial charge in [-0.15, -0.1) is 0 Å². The number of nitrogens with zero attached hydrogens (tertiary/aromatic N) is 2. The van der Waals surface area contributed by atoms with E-state index in [4.69, 9.17) is 4.74 Å². The van der Waals surface area contributed by atoms with Gasteiger partial charge in [0.05, 0.1) is 17.9 Å². The van der Waals surface area contributed by atoms with Crippen LogP contribution in [0.3, 0.4) is 0 Å². The summed E-state index contributed by atoms with van der Waals surface area (Å²) >= 11 is 0. The molecule has 3 rings (SSSR count). The molecule has 0 spiro atoms. The van der Waals surface area contributed by atoms with E-state index in [2.05, 4.69) is 10.4 Å². The molecule has 0 saturated heterocycles. The molecule has 0 bridgehead atoms. The summed E-state index contributed by atoms with van der Waals surface area (Å²) in [5.74, 6) is 0.599. The minimum atomic E-state index is -0.593. The van der Waals surface area contributed by atoms with E-state index >= 15 is 0 Å². The highest BCUT2D eigenvalue weighted by molar-refractivity contribution is 5.93. The van der Waals surface area contributed by atoms with Crippen LogP contribution in [0.25, 0.3) is 0 Å². The van der Waals surface area contributed by atoms with Crippen molar-refractivity contribution in [3.8, 4) is 5.75 Å². The van der Waals surface area contributed by atoms with Crippen LogP contribution in [0.5, 0.6) is 5.75 Å². The molecule has 1 fully saturated rings. The van der Waals surface area contributed by atoms with Gasteiger partial charge in [-0.1, -0.05) is 17.7 Å². The lowest BCUT2D eigenvalue weighted by molar-refractivity contribution is -0.0301. The van der Waals surface area contributed by atoms with E-state index in [9.17, 15) is 9.90 Å². The fourth-order valence-electron chi connectivity index (χ4n) is 3.23. The van der Waals surface area contributed by atoms with Gasteiger partial charge in [0, 0.05) is 25.7 Å². The molecule has 1 aliphatic carbocycles. The first-order chi connectivity index (χ1) is 12.0. The van der Waals surface area contributed by atoms with Gasteiger partial charge in [-0.05, 0) is 38.3 Å². The van der Waals surface area contributed by atoms with Gasteiger partial charge in [0.1, 0.15) is 11.9 Å². The molecule has 6 heteroatoms. The number of rotatable bonds is 5. The molecule has 3 atom stereocenters. The molecular formula is C19H25N3O3. The first kappa shape index (κ1) is 17.5. The van der Waals surface area contributed by atoms with E-state index in [0.29, 0.717) is 12.1 Å². The molecule has 134 valence electrons. The Hall–Kier alpha value is -2.34. The lowest BCUT2D eigenvalue weighted by atomic mass is 9.84. The number of aromatic nitrogens is 2. The molecule has 0 unspecified atom stereocenters. The van der Waals surface area contributed by atoms with Gasteiger partial charge in [-0.3, -0.25) is 9.48 Å². The molecule has 2 N–H and O–H groups in total. The topological polar surface area (TPSA) is 76.4 Å². The zero-order valence-corrected chi connectivity index (χ0v) is 14.7. The maximum absolute atomic E-state index is 12.1. The van der Waals surface area contributed by atoms with Gasteiger partial charge in [0.2, 0.25) is 0 Å². The number of benzene rings is 1. The molecule has 6 nitrogen and oxygen atoms in total. The van der Waals surface area contributed by atoms with E-state index in [-0.39, 0.29) is 17.9 Å². The van der Waals surface area contributed by atoms with Crippen LogP contribution >= 0.6 is 0 Å². The SMILES string of the molecule is Cc1ccc(O[C@@H]2CCC[C@H](CNC(=O)c3cnn(C)c3)[C@H]2O)cc1. The van der Waals surface area contributed by atoms with E-state index in [1.807, 2.05) is 31.2 Å². The zero-order chi connectivity index (χ0) is 17.8. The molecule has 2 aromatic rings. The van der Waals surface area contributed by atoms with Crippen molar-refractivity contribution in [2.24, 2.45) is 13.0 Å². The lowest BCUT2D eigenvalue weighted by Crippen LogP contribution is -2.45. The van der Waals surface area contributed by atoms with Crippen LogP contribution < -0.4 is 10.1 Å². The summed E-state index contributed by atoms with van der Waals surface area (Å²) in [6.07, 6.45) is 5.05. The Labute approximate surface area is 147 Å². The van der Waals surface area contributed by atoms with Crippen LogP contribution in [0.4, 0.5) is 0 Å². The lowest BCUT2D eigenvalue weighted by Gasteiger charge is -2.35. The predicted octanol–water partition coefficient (Wildman–Crippen LogP) is 2.07. The summed E-state index contributed by atoms with van der Waals surface area (Å²) in [4.78, 5) is 12.1. The Morgan fingerprint density at radius 1 is 1.36 bits per heavy atom. The van der Waals surface area contributed by atoms with E-state index in [0.717, 1.165) is 25.0 Å². The maximum atomic E-state index is 12.1. The first-order valence-electron chi connectivity index (χ1n) is 8.71. The van der Waals surface area contributed by atoms with Crippen LogP contribution in [0.15, 0.2) is 36.7 Å². The van der Waals surface area contributed by atoms with Crippen LogP contribution in [-0.4, -0.2) is 39.5 Å². The number of aryl methyl sites for hydroxylation is 2. The fourth-order valence-corrected chi connectivity index (χ4v) is 3.23. The summed E-state index contributed by atoms with van der Waals surface area (Å²) in [5.41, 5.74) is 1.70. The number of ether oxygens (including phenoxy) is 1. The molecule has 0 radical (unpaired) electrons. The number of carbonyl (C=O) groups excluding carboxylic acids is 1. The summed E-state index contributed by atoms with van der Waals surface area (Å²) in [7, 11) is 1.77. The highest BCUT2D eigenvalue weighted by atomic mass is 16.5. The van der Waals surface area contributed by atoms with Crippen molar-refractivity contribution in [1.29, 1.82) is 0 Å². The standard InChI is InChI=1S/C19H25N3O3/c1-13-6-8-16(9-7-13)25-17-5-3-4-14(18(17)23)10-20-19(24)15-11-21-22(2)12-15/h6-9,11-12,14,17-18,23H,3-5,10H2,1-2H3,(H,20,24)/t14-,17-,18-/m1/s1. The second kappa shape index (κ2) is 7.70. The van der Waals surface area contributed by atoms with Gasteiger partial charge in [-0.2, -0.15) is 5.10 Å². The Kier molecular flexibility index (Phi) is 5.38. The number of amides is 1. The van der Waals surface area contributed by atoms with Crippen LogP contribution in [0.1, 0.15) is 35.2 Å². The molecule has 0 aliphatic heterocycles. The summed E-state index contributed by atoms with van der Waals surface area (Å²) in [6.45, 7) is 2.46. The third kappa shape index (κ3) is 4.39. The van der Waals surface area contributed by atoms with Crippen molar-refractivity contribution in [1.82, 2.24) is 15.1 Å². The third-order valence-corrected chi connectivity index (χ3v) is 4.73. The molecular weight excluding hydrogens is 318 g/mol. The summed E-state index contributed by atoms with van der Waals surface area (Å²) in [6, 6.07) is 7.85. The van der Waals surface area contributed by atoms with Crippen LogP contribution in [-0.2, 0) is 7.05 Å². The Morgan fingerprint density at radius 3 is 2.80 bits per heavy atom. The van der Waals surface area contributed by atoms with E-state index in [1.165, 1.54) is 11.8 Å². The molecule has 1 heterocycles. The Balaban J connectivity index is 1.55. The average Bonchev–Trinajstić information content (AvgIpc) is 3.04. The van der Waals surface area contributed by atoms with Crippen molar-refractivity contribution < 1.29 is 14.6 Å². The molecule has 1 amide bonds. The van der Waals surface area contributed by atoms with E-state index in [1.54, 1.807) is 17.9 Å². The molecule has 25 heavy (non-hydrogen) atoms. The van der Waals surface area contributed by atoms with Crippen molar-refractivity contribution in [2.75, 3.05) is 6.54 Å². The largest absolute Gasteiger partial charge is 0.488 e.